The van der Waals surface area contributed by atoms with Gasteiger partial charge in [0.25, 0.3) is 0 Å². The summed E-state index contributed by atoms with van der Waals surface area (Å²) >= 11 is 6.14. The third-order valence-corrected chi connectivity index (χ3v) is 5.59. The lowest BCUT2D eigenvalue weighted by Gasteiger charge is -2.17. The van der Waals surface area contributed by atoms with Crippen molar-refractivity contribution >= 4 is 21.6 Å². The van der Waals surface area contributed by atoms with Crippen LogP contribution in [0.2, 0.25) is 5.02 Å². The zero-order valence-electron chi connectivity index (χ0n) is 14.5. The summed E-state index contributed by atoms with van der Waals surface area (Å²) in [5, 5.41) is 0.524. The second-order valence-electron chi connectivity index (χ2n) is 5.63. The molecule has 2 aromatic carbocycles. The molecule has 0 fully saturated rings. The van der Waals surface area contributed by atoms with Crippen molar-refractivity contribution in [3.8, 4) is 5.75 Å². The Balaban J connectivity index is 2.16. The lowest BCUT2D eigenvalue weighted by molar-refractivity contribution is 0.146. The highest BCUT2D eigenvalue weighted by molar-refractivity contribution is 7.89. The van der Waals surface area contributed by atoms with Gasteiger partial charge >= 0.3 is 0 Å². The van der Waals surface area contributed by atoms with Crippen molar-refractivity contribution in [1.29, 1.82) is 0 Å². The molecule has 5 nitrogen and oxygen atoms in total. The summed E-state index contributed by atoms with van der Waals surface area (Å²) in [4.78, 5) is 0.183. The summed E-state index contributed by atoms with van der Waals surface area (Å²) in [6.07, 6.45) is 0. The third kappa shape index (κ3) is 5.19. The number of hydrogen-bond acceptors (Lipinski definition) is 4. The van der Waals surface area contributed by atoms with Gasteiger partial charge in [-0.2, -0.15) is 0 Å². The number of ether oxygens (including phenoxy) is 2. The van der Waals surface area contributed by atoms with Crippen molar-refractivity contribution in [1.82, 2.24) is 4.72 Å². The molecular weight excluding hydrogens is 362 g/mol. The Kier molecular flexibility index (Phi) is 6.84. The second kappa shape index (κ2) is 8.67. The van der Waals surface area contributed by atoms with Crippen molar-refractivity contribution in [3.63, 3.8) is 0 Å². The minimum Gasteiger partial charge on any atom is -0.491 e. The Morgan fingerprint density at radius 3 is 2.52 bits per heavy atom. The van der Waals surface area contributed by atoms with E-state index in [1.807, 2.05) is 6.07 Å². The molecule has 1 atom stereocenters. The van der Waals surface area contributed by atoms with E-state index in [2.05, 4.69) is 4.72 Å². The van der Waals surface area contributed by atoms with Crippen LogP contribution in [0.4, 0.5) is 0 Å². The maximum absolute atomic E-state index is 12.6. The summed E-state index contributed by atoms with van der Waals surface area (Å²) in [6.45, 7) is 4.44. The van der Waals surface area contributed by atoms with Gasteiger partial charge in [-0.3, -0.25) is 0 Å². The van der Waals surface area contributed by atoms with Crippen LogP contribution in [0, 0.1) is 6.92 Å². The molecule has 0 spiro atoms. The highest BCUT2D eigenvalue weighted by Crippen LogP contribution is 2.26. The van der Waals surface area contributed by atoms with Crippen LogP contribution in [0.3, 0.4) is 0 Å². The molecule has 0 saturated carbocycles. The number of hydrogen-bond donors (Lipinski definition) is 1. The van der Waals surface area contributed by atoms with Crippen molar-refractivity contribution in [2.24, 2.45) is 0 Å². The standard InChI is InChI=1S/C18H22ClNO4S/c1-13-12-15(8-9-18(13)24-11-10-23-3)25(21,22)20-14(2)16-6-4-5-7-17(16)19/h4-9,12,14,20H,10-11H2,1-3H3. The molecule has 1 N–H and O–H groups in total. The van der Waals surface area contributed by atoms with Crippen LogP contribution in [0.15, 0.2) is 47.4 Å². The molecule has 136 valence electrons. The van der Waals surface area contributed by atoms with Crippen molar-refractivity contribution < 1.29 is 17.9 Å². The van der Waals surface area contributed by atoms with Gasteiger partial charge in [0.15, 0.2) is 0 Å². The molecule has 0 aliphatic heterocycles. The minimum absolute atomic E-state index is 0.183. The molecule has 0 radical (unpaired) electrons. The first kappa shape index (κ1) is 19.7. The predicted octanol–water partition coefficient (Wildman–Crippen LogP) is 3.71. The highest BCUT2D eigenvalue weighted by atomic mass is 35.5. The average molecular weight is 384 g/mol. The number of methoxy groups -OCH3 is 1. The molecule has 0 amide bonds. The van der Waals surface area contributed by atoms with Gasteiger partial charge in [0.05, 0.1) is 11.5 Å². The van der Waals surface area contributed by atoms with Gasteiger partial charge in [0, 0.05) is 18.2 Å². The quantitative estimate of drug-likeness (QED) is 0.706. The number of rotatable bonds is 8. The van der Waals surface area contributed by atoms with E-state index in [0.717, 1.165) is 11.1 Å². The highest BCUT2D eigenvalue weighted by Gasteiger charge is 2.20. The zero-order chi connectivity index (χ0) is 18.4. The fourth-order valence-corrected chi connectivity index (χ4v) is 3.98. The number of sulfonamides is 1. The van der Waals surface area contributed by atoms with E-state index in [0.29, 0.717) is 24.0 Å². The van der Waals surface area contributed by atoms with Gasteiger partial charge in [-0.25, -0.2) is 13.1 Å². The van der Waals surface area contributed by atoms with Crippen molar-refractivity contribution in [2.45, 2.75) is 24.8 Å². The van der Waals surface area contributed by atoms with Crippen LogP contribution in [0.5, 0.6) is 5.75 Å². The van der Waals surface area contributed by atoms with Gasteiger partial charge in [-0.05, 0) is 49.2 Å². The Labute approximate surface area is 154 Å². The molecule has 2 aromatic rings. The Morgan fingerprint density at radius 1 is 1.16 bits per heavy atom. The predicted molar refractivity (Wildman–Crippen MR) is 98.7 cm³/mol. The number of halogens is 1. The molecule has 25 heavy (non-hydrogen) atoms. The molecule has 7 heteroatoms. The maximum Gasteiger partial charge on any atom is 0.241 e. The summed E-state index contributed by atoms with van der Waals surface area (Å²) < 4.78 is 38.4. The Hall–Kier alpha value is -1.60. The second-order valence-corrected chi connectivity index (χ2v) is 7.75. The van der Waals surface area contributed by atoms with Crippen LogP contribution < -0.4 is 9.46 Å². The van der Waals surface area contributed by atoms with Crippen LogP contribution in [0.25, 0.3) is 0 Å². The fourth-order valence-electron chi connectivity index (χ4n) is 2.38. The molecule has 0 aliphatic rings. The summed E-state index contributed by atoms with van der Waals surface area (Å²) in [5.41, 5.74) is 1.47. The molecule has 0 heterocycles. The number of aryl methyl sites for hydroxylation is 1. The maximum atomic E-state index is 12.6. The Bertz CT molecular complexity index is 824. The lowest BCUT2D eigenvalue weighted by Crippen LogP contribution is -2.27. The molecule has 0 bridgehead atoms. The SMILES string of the molecule is COCCOc1ccc(S(=O)(=O)NC(C)c2ccccc2Cl)cc1C. The molecule has 0 saturated heterocycles. The fraction of sp³-hybridized carbons (Fsp3) is 0.333. The van der Waals surface area contributed by atoms with E-state index in [9.17, 15) is 8.42 Å². The monoisotopic (exact) mass is 383 g/mol. The van der Waals surface area contributed by atoms with Crippen LogP contribution in [-0.4, -0.2) is 28.7 Å². The van der Waals surface area contributed by atoms with Crippen LogP contribution in [-0.2, 0) is 14.8 Å². The smallest absolute Gasteiger partial charge is 0.241 e. The van der Waals surface area contributed by atoms with E-state index >= 15 is 0 Å². The first-order valence-electron chi connectivity index (χ1n) is 7.84. The van der Waals surface area contributed by atoms with Crippen LogP contribution in [0.1, 0.15) is 24.1 Å². The van der Waals surface area contributed by atoms with Crippen molar-refractivity contribution in [3.05, 3.63) is 58.6 Å². The number of benzene rings is 2. The van der Waals surface area contributed by atoms with Crippen LogP contribution >= 0.6 is 11.6 Å². The molecule has 0 aromatic heterocycles. The largest absolute Gasteiger partial charge is 0.491 e. The van der Waals surface area contributed by atoms with Crippen molar-refractivity contribution in [2.75, 3.05) is 20.3 Å². The van der Waals surface area contributed by atoms with Gasteiger partial charge in [0.1, 0.15) is 12.4 Å². The summed E-state index contributed by atoms with van der Waals surface area (Å²) in [7, 11) is -2.08. The molecule has 1 unspecified atom stereocenters. The Morgan fingerprint density at radius 2 is 1.88 bits per heavy atom. The minimum atomic E-state index is -3.68. The number of nitrogens with one attached hydrogen (secondary N) is 1. The van der Waals surface area contributed by atoms with Gasteiger partial charge in [-0.15, -0.1) is 0 Å². The lowest BCUT2D eigenvalue weighted by atomic mass is 10.1. The van der Waals surface area contributed by atoms with E-state index in [4.69, 9.17) is 21.1 Å². The van der Waals surface area contributed by atoms with Gasteiger partial charge in [0.2, 0.25) is 10.0 Å². The molecule has 0 aliphatic carbocycles. The van der Waals surface area contributed by atoms with Gasteiger partial charge in [-0.1, -0.05) is 29.8 Å². The average Bonchev–Trinajstić information content (AvgIpc) is 2.56. The normalized spacial score (nSPS) is 12.8. The molecular formula is C18H22ClNO4S. The van der Waals surface area contributed by atoms with E-state index < -0.39 is 16.1 Å². The van der Waals surface area contributed by atoms with E-state index in [1.54, 1.807) is 51.3 Å². The first-order valence-corrected chi connectivity index (χ1v) is 9.70. The third-order valence-electron chi connectivity index (χ3n) is 3.71. The summed E-state index contributed by atoms with van der Waals surface area (Å²) in [6, 6.07) is 11.5. The first-order chi connectivity index (χ1) is 11.8. The topological polar surface area (TPSA) is 64.6 Å². The van der Waals surface area contributed by atoms with E-state index in [1.165, 1.54) is 6.07 Å². The van der Waals surface area contributed by atoms with E-state index in [-0.39, 0.29) is 4.90 Å². The zero-order valence-corrected chi connectivity index (χ0v) is 16.0. The summed E-state index contributed by atoms with van der Waals surface area (Å²) in [5.74, 6) is 0.634. The molecule has 2 rings (SSSR count). The van der Waals surface area contributed by atoms with Gasteiger partial charge < -0.3 is 9.47 Å².